The van der Waals surface area contributed by atoms with Gasteiger partial charge in [-0.15, -0.1) is 0 Å². The minimum absolute atomic E-state index is 0.0948. The molecule has 1 unspecified atom stereocenters. The zero-order valence-electron chi connectivity index (χ0n) is 12.4. The van der Waals surface area contributed by atoms with Crippen LogP contribution in [0.1, 0.15) is 36.3 Å². The Bertz CT molecular complexity index is 683. The Kier molecular flexibility index (Phi) is 4.22. The Morgan fingerprint density at radius 2 is 2.17 bits per heavy atom. The molecule has 2 aromatic rings. The van der Waals surface area contributed by atoms with Crippen LogP contribution in [0.5, 0.6) is 5.75 Å². The van der Waals surface area contributed by atoms with Crippen LogP contribution in [-0.4, -0.2) is 27.3 Å². The largest absolute Gasteiger partial charge is 0.433 e. The van der Waals surface area contributed by atoms with Crippen LogP contribution >= 0.6 is 0 Å². The van der Waals surface area contributed by atoms with Crippen LogP contribution in [0.15, 0.2) is 30.7 Å². The minimum atomic E-state index is -2.92. The van der Waals surface area contributed by atoms with Gasteiger partial charge in [0.1, 0.15) is 11.4 Å². The lowest BCUT2D eigenvalue weighted by Gasteiger charge is -2.09. The highest BCUT2D eigenvalue weighted by Gasteiger charge is 2.29. The molecule has 0 aliphatic heterocycles. The lowest BCUT2D eigenvalue weighted by Crippen LogP contribution is -2.13. The summed E-state index contributed by atoms with van der Waals surface area (Å²) in [6, 6.07) is 2.90. The van der Waals surface area contributed by atoms with Crippen molar-refractivity contribution in [2.75, 3.05) is 5.32 Å². The molecule has 3 rings (SSSR count). The number of amides is 1. The van der Waals surface area contributed by atoms with Gasteiger partial charge in [-0.3, -0.25) is 9.48 Å². The summed E-state index contributed by atoms with van der Waals surface area (Å²) in [7, 11) is 0. The highest BCUT2D eigenvalue weighted by molar-refractivity contribution is 6.02. The Balaban J connectivity index is 1.62. The minimum Gasteiger partial charge on any atom is -0.433 e. The highest BCUT2D eigenvalue weighted by atomic mass is 19.3. The van der Waals surface area contributed by atoms with E-state index in [1.807, 2.05) is 4.68 Å². The third-order valence-corrected chi connectivity index (χ3v) is 3.78. The molecule has 8 heteroatoms. The van der Waals surface area contributed by atoms with Gasteiger partial charge in [-0.2, -0.15) is 13.9 Å². The molecule has 1 amide bonds. The van der Waals surface area contributed by atoms with Crippen molar-refractivity contribution < 1.29 is 18.3 Å². The molecule has 0 radical (unpaired) electrons. The predicted octanol–water partition coefficient (Wildman–Crippen LogP) is 3.10. The molecule has 1 saturated carbocycles. The van der Waals surface area contributed by atoms with E-state index in [9.17, 15) is 13.6 Å². The fraction of sp³-hybridized carbons (Fsp3) is 0.400. The number of pyridine rings is 1. The second-order valence-electron chi connectivity index (χ2n) is 5.50. The summed E-state index contributed by atoms with van der Waals surface area (Å²) in [5, 5.41) is 6.93. The number of halogens is 2. The Morgan fingerprint density at radius 3 is 2.78 bits per heavy atom. The first-order chi connectivity index (χ1) is 11.0. The van der Waals surface area contributed by atoms with Gasteiger partial charge >= 0.3 is 6.61 Å². The molecule has 1 aliphatic carbocycles. The molecule has 0 aromatic carbocycles. The van der Waals surface area contributed by atoms with Crippen LogP contribution in [0.25, 0.3) is 0 Å². The predicted molar refractivity (Wildman–Crippen MR) is 78.5 cm³/mol. The molecule has 122 valence electrons. The molecule has 1 N–H and O–H groups in total. The van der Waals surface area contributed by atoms with Crippen molar-refractivity contribution in [2.24, 2.45) is 5.92 Å². The maximum atomic E-state index is 12.1. The van der Waals surface area contributed by atoms with Crippen molar-refractivity contribution >= 4 is 11.6 Å². The van der Waals surface area contributed by atoms with Gasteiger partial charge in [0.05, 0.1) is 24.1 Å². The van der Waals surface area contributed by atoms with Crippen LogP contribution in [0, 0.1) is 5.92 Å². The number of anilines is 1. The number of carbonyl (C=O) groups excluding carboxylic acids is 1. The molecule has 6 nitrogen and oxygen atoms in total. The van der Waals surface area contributed by atoms with Crippen molar-refractivity contribution in [3.63, 3.8) is 0 Å². The number of carbonyl (C=O) groups is 1. The zero-order chi connectivity index (χ0) is 16.4. The molecule has 1 fully saturated rings. The zero-order valence-corrected chi connectivity index (χ0v) is 12.4. The van der Waals surface area contributed by atoms with Gasteiger partial charge in [-0.25, -0.2) is 4.98 Å². The quantitative estimate of drug-likeness (QED) is 0.887. The average molecular weight is 322 g/mol. The van der Waals surface area contributed by atoms with E-state index in [2.05, 4.69) is 27.1 Å². The number of rotatable bonds is 6. The van der Waals surface area contributed by atoms with E-state index < -0.39 is 12.5 Å². The number of hydrogen-bond donors (Lipinski definition) is 1. The van der Waals surface area contributed by atoms with Gasteiger partial charge in [0.15, 0.2) is 0 Å². The number of nitrogens with zero attached hydrogens (tertiary/aromatic N) is 3. The second kappa shape index (κ2) is 6.31. The summed E-state index contributed by atoms with van der Waals surface area (Å²) < 4.78 is 30.1. The lowest BCUT2D eigenvalue weighted by atomic mass is 10.2. The lowest BCUT2D eigenvalue weighted by molar-refractivity contribution is -0.0500. The first-order valence-corrected chi connectivity index (χ1v) is 7.29. The maximum absolute atomic E-state index is 12.1. The SMILES string of the molecule is CC(C1CC1)n1cc(NC(=O)c2ccc(OC(F)F)cn2)cn1. The smallest absolute Gasteiger partial charge is 0.387 e. The summed E-state index contributed by atoms with van der Waals surface area (Å²) >= 11 is 0. The molecule has 23 heavy (non-hydrogen) atoms. The number of nitrogens with one attached hydrogen (secondary N) is 1. The van der Waals surface area contributed by atoms with Gasteiger partial charge < -0.3 is 10.1 Å². The number of hydrogen-bond acceptors (Lipinski definition) is 4. The Labute approximate surface area is 131 Å². The Morgan fingerprint density at radius 1 is 1.39 bits per heavy atom. The first kappa shape index (κ1) is 15.4. The van der Waals surface area contributed by atoms with Crippen molar-refractivity contribution in [3.05, 3.63) is 36.4 Å². The number of aromatic nitrogens is 3. The summed E-state index contributed by atoms with van der Waals surface area (Å²) in [5.41, 5.74) is 0.673. The van der Waals surface area contributed by atoms with Crippen molar-refractivity contribution in [1.29, 1.82) is 0 Å². The normalized spacial score (nSPS) is 15.5. The standard InChI is InChI=1S/C15H16F2N4O2/c1-9(10-2-3-10)21-8-11(6-19-21)20-14(22)13-5-4-12(7-18-13)23-15(16)17/h4-10,15H,2-3H2,1H3,(H,20,22). The van der Waals surface area contributed by atoms with E-state index in [0.29, 0.717) is 17.6 Å². The van der Waals surface area contributed by atoms with Crippen LogP contribution in [0.2, 0.25) is 0 Å². The van der Waals surface area contributed by atoms with E-state index in [-0.39, 0.29) is 11.4 Å². The summed E-state index contributed by atoms with van der Waals surface area (Å²) in [6.07, 6.45) is 6.85. The van der Waals surface area contributed by atoms with Crippen molar-refractivity contribution in [2.45, 2.75) is 32.4 Å². The summed E-state index contributed by atoms with van der Waals surface area (Å²) in [5.74, 6) is 0.123. The molecule has 0 saturated heterocycles. The van der Waals surface area contributed by atoms with E-state index in [1.165, 1.54) is 25.0 Å². The highest BCUT2D eigenvalue weighted by Crippen LogP contribution is 2.39. The molecular formula is C15H16F2N4O2. The fourth-order valence-corrected chi connectivity index (χ4v) is 2.30. The summed E-state index contributed by atoms with van der Waals surface area (Å²) in [6.45, 7) is -0.824. The molecular weight excluding hydrogens is 306 g/mol. The van der Waals surface area contributed by atoms with E-state index in [4.69, 9.17) is 0 Å². The van der Waals surface area contributed by atoms with Gasteiger partial charge in [0, 0.05) is 6.20 Å². The Hall–Kier alpha value is -2.51. The number of alkyl halides is 2. The van der Waals surface area contributed by atoms with Gasteiger partial charge in [0.25, 0.3) is 5.91 Å². The molecule has 2 aromatic heterocycles. The first-order valence-electron chi connectivity index (χ1n) is 7.29. The van der Waals surface area contributed by atoms with Gasteiger partial charge in [-0.1, -0.05) is 0 Å². The third kappa shape index (κ3) is 3.82. The van der Waals surface area contributed by atoms with Crippen LogP contribution in [0.3, 0.4) is 0 Å². The van der Waals surface area contributed by atoms with Crippen LogP contribution in [-0.2, 0) is 0 Å². The topological polar surface area (TPSA) is 69.0 Å². The van der Waals surface area contributed by atoms with Crippen LogP contribution in [0.4, 0.5) is 14.5 Å². The summed E-state index contributed by atoms with van der Waals surface area (Å²) in [4.78, 5) is 15.9. The molecule has 2 heterocycles. The van der Waals surface area contributed by atoms with Crippen molar-refractivity contribution in [3.8, 4) is 5.75 Å². The van der Waals surface area contributed by atoms with Gasteiger partial charge in [-0.05, 0) is 37.8 Å². The van der Waals surface area contributed by atoms with Crippen LogP contribution < -0.4 is 10.1 Å². The van der Waals surface area contributed by atoms with E-state index in [0.717, 1.165) is 6.20 Å². The fourth-order valence-electron chi connectivity index (χ4n) is 2.30. The molecule has 1 atom stereocenters. The molecule has 0 spiro atoms. The monoisotopic (exact) mass is 322 g/mol. The van der Waals surface area contributed by atoms with E-state index in [1.54, 1.807) is 12.4 Å². The van der Waals surface area contributed by atoms with Crippen molar-refractivity contribution in [1.82, 2.24) is 14.8 Å². The second-order valence-corrected chi connectivity index (χ2v) is 5.50. The third-order valence-electron chi connectivity index (χ3n) is 3.78. The maximum Gasteiger partial charge on any atom is 0.387 e. The van der Waals surface area contributed by atoms with E-state index >= 15 is 0 Å². The molecule has 1 aliphatic rings. The molecule has 0 bridgehead atoms. The number of ether oxygens (including phenoxy) is 1. The average Bonchev–Trinajstić information content (AvgIpc) is 3.26. The van der Waals surface area contributed by atoms with Gasteiger partial charge in [0.2, 0.25) is 0 Å².